The number of nitrogens with one attached hydrogen (secondary N) is 2. The van der Waals surface area contributed by atoms with Crippen LogP contribution in [0.1, 0.15) is 55.4 Å². The molecular formula is C41H33N3O7. The molecule has 254 valence electrons. The molecule has 0 fully saturated rings. The number of oxazole rings is 1. The second-order valence-electron chi connectivity index (χ2n) is 11.3. The highest BCUT2D eigenvalue weighted by molar-refractivity contribution is 5.97. The van der Waals surface area contributed by atoms with E-state index >= 15 is 0 Å². The summed E-state index contributed by atoms with van der Waals surface area (Å²) in [5, 5.41) is 5.53. The Bertz CT molecular complexity index is 1940. The predicted octanol–water partition coefficient (Wildman–Crippen LogP) is 6.77. The molecule has 5 aromatic carbocycles. The van der Waals surface area contributed by atoms with Gasteiger partial charge in [0.25, 0.3) is 11.8 Å². The van der Waals surface area contributed by atoms with Crippen LogP contribution in [0, 0.1) is 0 Å². The van der Waals surface area contributed by atoms with E-state index < -0.39 is 35.8 Å². The molecule has 0 aliphatic carbocycles. The van der Waals surface area contributed by atoms with Crippen molar-refractivity contribution in [2.24, 2.45) is 0 Å². The van der Waals surface area contributed by atoms with Crippen molar-refractivity contribution < 1.29 is 33.1 Å². The first-order valence-electron chi connectivity index (χ1n) is 16.2. The predicted molar refractivity (Wildman–Crippen MR) is 188 cm³/mol. The molecule has 1 heterocycles. The molecule has 10 heteroatoms. The first kappa shape index (κ1) is 34.1. The summed E-state index contributed by atoms with van der Waals surface area (Å²) in [6.45, 7) is -0.720. The Morgan fingerprint density at radius 1 is 0.529 bits per heavy atom. The lowest BCUT2D eigenvalue weighted by Gasteiger charge is -2.19. The van der Waals surface area contributed by atoms with Crippen molar-refractivity contribution in [1.29, 1.82) is 0 Å². The highest BCUT2D eigenvalue weighted by atomic mass is 16.5. The van der Waals surface area contributed by atoms with Crippen LogP contribution in [0.5, 0.6) is 0 Å². The maximum absolute atomic E-state index is 13.6. The Morgan fingerprint density at radius 2 is 0.922 bits per heavy atom. The van der Waals surface area contributed by atoms with Gasteiger partial charge in [-0.25, -0.2) is 14.6 Å². The van der Waals surface area contributed by atoms with Crippen molar-refractivity contribution >= 4 is 23.8 Å². The molecule has 0 spiro atoms. The lowest BCUT2D eigenvalue weighted by molar-refractivity contribution is -0.149. The minimum absolute atomic E-state index is 0.140. The molecule has 0 radical (unpaired) electrons. The third-order valence-corrected chi connectivity index (χ3v) is 7.86. The molecule has 0 saturated heterocycles. The fourth-order valence-corrected chi connectivity index (χ4v) is 5.21. The number of rotatable bonds is 13. The number of esters is 2. The van der Waals surface area contributed by atoms with Gasteiger partial charge in [0.2, 0.25) is 5.89 Å². The van der Waals surface area contributed by atoms with Gasteiger partial charge in [-0.05, 0) is 47.5 Å². The van der Waals surface area contributed by atoms with Crippen LogP contribution in [0.2, 0.25) is 0 Å². The number of ether oxygens (including phenoxy) is 2. The fraction of sp³-hybridized carbons (Fsp3) is 0.0976. The van der Waals surface area contributed by atoms with Crippen molar-refractivity contribution in [2.75, 3.05) is 0 Å². The van der Waals surface area contributed by atoms with Crippen molar-refractivity contribution in [3.63, 3.8) is 0 Å². The molecule has 0 aliphatic rings. The van der Waals surface area contributed by atoms with Crippen LogP contribution in [0.25, 0.3) is 11.5 Å². The molecule has 51 heavy (non-hydrogen) atoms. The summed E-state index contributed by atoms with van der Waals surface area (Å²) in [7, 11) is 0. The molecule has 0 unspecified atom stereocenters. The van der Waals surface area contributed by atoms with Crippen LogP contribution < -0.4 is 10.6 Å². The molecule has 10 nitrogen and oxygen atoms in total. The third-order valence-electron chi connectivity index (χ3n) is 7.86. The fourth-order valence-electron chi connectivity index (χ4n) is 5.21. The van der Waals surface area contributed by atoms with Crippen LogP contribution in [0.4, 0.5) is 0 Å². The monoisotopic (exact) mass is 679 g/mol. The molecule has 6 rings (SSSR count). The van der Waals surface area contributed by atoms with E-state index in [2.05, 4.69) is 15.6 Å². The second-order valence-corrected chi connectivity index (χ2v) is 11.3. The van der Waals surface area contributed by atoms with E-state index in [1.54, 1.807) is 133 Å². The van der Waals surface area contributed by atoms with Gasteiger partial charge >= 0.3 is 11.9 Å². The number of aromatic nitrogens is 1. The van der Waals surface area contributed by atoms with Crippen LogP contribution in [-0.2, 0) is 32.3 Å². The van der Waals surface area contributed by atoms with Crippen LogP contribution in [0.15, 0.2) is 156 Å². The van der Waals surface area contributed by atoms with Gasteiger partial charge in [-0.15, -0.1) is 0 Å². The maximum Gasteiger partial charge on any atom is 0.333 e. The van der Waals surface area contributed by atoms with E-state index in [0.29, 0.717) is 27.8 Å². The van der Waals surface area contributed by atoms with Gasteiger partial charge in [0.15, 0.2) is 24.5 Å². The maximum atomic E-state index is 13.6. The zero-order valence-electron chi connectivity index (χ0n) is 27.3. The summed E-state index contributed by atoms with van der Waals surface area (Å²) in [5.41, 5.74) is 2.67. The molecule has 0 aliphatic heterocycles. The minimum atomic E-state index is -1.13. The van der Waals surface area contributed by atoms with E-state index in [-0.39, 0.29) is 30.6 Å². The van der Waals surface area contributed by atoms with E-state index in [9.17, 15) is 19.2 Å². The minimum Gasteiger partial charge on any atom is -0.457 e. The lowest BCUT2D eigenvalue weighted by Crippen LogP contribution is -2.35. The lowest BCUT2D eigenvalue weighted by atomic mass is 10.1. The number of hydrogen-bond donors (Lipinski definition) is 2. The molecule has 1 aromatic heterocycles. The van der Waals surface area contributed by atoms with Gasteiger partial charge in [-0.2, -0.15) is 0 Å². The van der Waals surface area contributed by atoms with E-state index in [1.165, 1.54) is 0 Å². The average molecular weight is 680 g/mol. The van der Waals surface area contributed by atoms with Crippen molar-refractivity contribution in [3.05, 3.63) is 185 Å². The number of carbonyl (C=O) groups is 4. The van der Waals surface area contributed by atoms with Crippen LogP contribution >= 0.6 is 0 Å². The number of nitrogens with zero attached hydrogens (tertiary/aromatic N) is 1. The zero-order valence-corrected chi connectivity index (χ0v) is 27.3. The Kier molecular flexibility index (Phi) is 11.0. The Labute approximate surface area is 294 Å². The van der Waals surface area contributed by atoms with Gasteiger partial charge in [0, 0.05) is 16.7 Å². The molecule has 2 atom stereocenters. The number of benzene rings is 5. The average Bonchev–Trinajstić information content (AvgIpc) is 3.61. The largest absolute Gasteiger partial charge is 0.457 e. The second kappa shape index (κ2) is 16.5. The normalized spacial score (nSPS) is 11.8. The summed E-state index contributed by atoms with van der Waals surface area (Å²) in [6, 6.07) is 41.4. The topological polar surface area (TPSA) is 137 Å². The highest BCUT2D eigenvalue weighted by Gasteiger charge is 2.28. The van der Waals surface area contributed by atoms with Gasteiger partial charge in [-0.3, -0.25) is 9.59 Å². The van der Waals surface area contributed by atoms with Gasteiger partial charge in [-0.1, -0.05) is 115 Å². The molecule has 0 bridgehead atoms. The summed E-state index contributed by atoms with van der Waals surface area (Å²) in [4.78, 5) is 57.8. The van der Waals surface area contributed by atoms with Crippen molar-refractivity contribution in [1.82, 2.24) is 15.6 Å². The Morgan fingerprint density at radius 3 is 1.37 bits per heavy atom. The standard InChI is InChI=1S/C41H33N3O7/c45-37(30-20-10-3-11-21-30)43-35(28-16-6-1-7-17-28)40(47)49-26-33-34(51-39(42-33)32-24-14-5-15-25-32)27-50-41(48)36(29-18-8-2-9-19-29)44-38(46)31-22-12-4-13-23-31/h1-25,35-36H,26-27H2,(H,43,45)(H,44,46)/t35-,36+/m1/s1. The number of hydrogen-bond acceptors (Lipinski definition) is 8. The Hall–Kier alpha value is -6.81. The summed E-state index contributed by atoms with van der Waals surface area (Å²) < 4.78 is 17.5. The van der Waals surface area contributed by atoms with Crippen molar-refractivity contribution in [3.8, 4) is 11.5 Å². The van der Waals surface area contributed by atoms with E-state index in [4.69, 9.17) is 13.9 Å². The van der Waals surface area contributed by atoms with Gasteiger partial charge in [0.05, 0.1) is 0 Å². The SMILES string of the molecule is O=C(N[C@H](C(=O)OCc1oc(-c2ccccc2)nc1COC(=O)[C@H](NC(=O)c1ccccc1)c1ccccc1)c1ccccc1)c1ccccc1. The first-order chi connectivity index (χ1) is 25.0. The summed E-state index contributed by atoms with van der Waals surface area (Å²) >= 11 is 0. The molecule has 6 aromatic rings. The first-order valence-corrected chi connectivity index (χ1v) is 16.2. The number of amides is 2. The summed E-state index contributed by atoms with van der Waals surface area (Å²) in [5.74, 6) is -2.01. The van der Waals surface area contributed by atoms with E-state index in [1.807, 2.05) is 18.2 Å². The van der Waals surface area contributed by atoms with Crippen LogP contribution in [-0.4, -0.2) is 28.7 Å². The van der Waals surface area contributed by atoms with E-state index in [0.717, 1.165) is 0 Å². The van der Waals surface area contributed by atoms with Gasteiger partial charge in [0.1, 0.15) is 12.3 Å². The third kappa shape index (κ3) is 8.81. The number of carbonyl (C=O) groups excluding carboxylic acids is 4. The summed E-state index contributed by atoms with van der Waals surface area (Å²) in [6.07, 6.45) is 0. The molecule has 0 saturated carbocycles. The quantitative estimate of drug-likeness (QED) is 0.128. The zero-order chi connectivity index (χ0) is 35.4. The smallest absolute Gasteiger partial charge is 0.333 e. The Balaban J connectivity index is 1.21. The van der Waals surface area contributed by atoms with Crippen molar-refractivity contribution in [2.45, 2.75) is 25.3 Å². The molecular weight excluding hydrogens is 646 g/mol. The molecule has 2 N–H and O–H groups in total. The van der Waals surface area contributed by atoms with Gasteiger partial charge < -0.3 is 24.5 Å². The molecule has 2 amide bonds. The van der Waals surface area contributed by atoms with Crippen LogP contribution in [0.3, 0.4) is 0 Å². The highest BCUT2D eigenvalue weighted by Crippen LogP contribution is 2.25.